The average molecular weight is 237 g/mol. The fourth-order valence-electron chi connectivity index (χ4n) is 1.82. The van der Waals surface area contributed by atoms with E-state index in [1.165, 1.54) is 6.42 Å². The minimum atomic E-state index is -0.107. The SMILES string of the molecule is CCOC(=O)CN1CCCC(NC)C1.Cl. The van der Waals surface area contributed by atoms with E-state index in [1.807, 2.05) is 14.0 Å². The van der Waals surface area contributed by atoms with E-state index in [0.717, 1.165) is 19.5 Å². The number of hydrogen-bond acceptors (Lipinski definition) is 4. The molecule has 0 bridgehead atoms. The predicted molar refractivity (Wildman–Crippen MR) is 62.4 cm³/mol. The van der Waals surface area contributed by atoms with E-state index in [9.17, 15) is 4.79 Å². The summed E-state index contributed by atoms with van der Waals surface area (Å²) >= 11 is 0. The van der Waals surface area contributed by atoms with Crippen molar-refractivity contribution in [3.05, 3.63) is 0 Å². The summed E-state index contributed by atoms with van der Waals surface area (Å²) in [6.45, 7) is 4.71. The third kappa shape index (κ3) is 5.35. The van der Waals surface area contributed by atoms with Gasteiger partial charge in [0, 0.05) is 12.6 Å². The lowest BCUT2D eigenvalue weighted by Crippen LogP contribution is -2.46. The molecule has 0 aliphatic carbocycles. The Balaban J connectivity index is 0.00000196. The van der Waals surface area contributed by atoms with Gasteiger partial charge in [0.1, 0.15) is 0 Å². The monoisotopic (exact) mass is 236 g/mol. The summed E-state index contributed by atoms with van der Waals surface area (Å²) in [6, 6.07) is 0.526. The first-order valence-corrected chi connectivity index (χ1v) is 5.31. The van der Waals surface area contributed by atoms with Crippen LogP contribution in [0.15, 0.2) is 0 Å². The zero-order valence-corrected chi connectivity index (χ0v) is 10.3. The second-order valence-corrected chi connectivity index (χ2v) is 3.67. The Labute approximate surface area is 97.8 Å². The number of piperidine rings is 1. The first-order chi connectivity index (χ1) is 6.76. The van der Waals surface area contributed by atoms with Gasteiger partial charge < -0.3 is 10.1 Å². The molecule has 0 aromatic heterocycles. The quantitative estimate of drug-likeness (QED) is 0.728. The Bertz CT molecular complexity index is 190. The molecular formula is C10H21ClN2O2. The van der Waals surface area contributed by atoms with E-state index in [4.69, 9.17) is 4.74 Å². The molecule has 1 rings (SSSR count). The molecule has 0 saturated carbocycles. The van der Waals surface area contributed by atoms with Crippen molar-refractivity contribution in [2.75, 3.05) is 33.3 Å². The van der Waals surface area contributed by atoms with Crippen molar-refractivity contribution in [3.63, 3.8) is 0 Å². The molecule has 1 atom stereocenters. The number of nitrogens with zero attached hydrogens (tertiary/aromatic N) is 1. The molecule has 0 aromatic rings. The third-order valence-corrected chi connectivity index (χ3v) is 2.57. The van der Waals surface area contributed by atoms with Crippen LogP contribution < -0.4 is 5.32 Å². The zero-order chi connectivity index (χ0) is 10.4. The van der Waals surface area contributed by atoms with Gasteiger partial charge in [-0.3, -0.25) is 9.69 Å². The maximum absolute atomic E-state index is 11.2. The van der Waals surface area contributed by atoms with Gasteiger partial charge >= 0.3 is 5.97 Å². The van der Waals surface area contributed by atoms with Crippen LogP contribution in [-0.2, 0) is 9.53 Å². The molecule has 0 aromatic carbocycles. The number of carbonyl (C=O) groups excluding carboxylic acids is 1. The molecule has 1 saturated heterocycles. The van der Waals surface area contributed by atoms with E-state index >= 15 is 0 Å². The molecule has 1 unspecified atom stereocenters. The minimum absolute atomic E-state index is 0. The molecule has 1 N–H and O–H groups in total. The highest BCUT2D eigenvalue weighted by Crippen LogP contribution is 2.09. The lowest BCUT2D eigenvalue weighted by molar-refractivity contribution is -0.144. The van der Waals surface area contributed by atoms with Crippen LogP contribution >= 0.6 is 12.4 Å². The Morgan fingerprint density at radius 2 is 2.33 bits per heavy atom. The lowest BCUT2D eigenvalue weighted by Gasteiger charge is -2.31. The summed E-state index contributed by atoms with van der Waals surface area (Å²) in [5.41, 5.74) is 0. The molecule has 15 heavy (non-hydrogen) atoms. The van der Waals surface area contributed by atoms with Gasteiger partial charge in [-0.2, -0.15) is 0 Å². The minimum Gasteiger partial charge on any atom is -0.465 e. The van der Waals surface area contributed by atoms with Gasteiger partial charge in [0.2, 0.25) is 0 Å². The van der Waals surface area contributed by atoms with E-state index in [0.29, 0.717) is 19.2 Å². The van der Waals surface area contributed by atoms with Crippen LogP contribution in [0.4, 0.5) is 0 Å². The van der Waals surface area contributed by atoms with Crippen LogP contribution in [-0.4, -0.2) is 50.2 Å². The normalized spacial score (nSPS) is 21.9. The van der Waals surface area contributed by atoms with Crippen molar-refractivity contribution in [2.24, 2.45) is 0 Å². The third-order valence-electron chi connectivity index (χ3n) is 2.57. The molecule has 1 fully saturated rings. The van der Waals surface area contributed by atoms with Gasteiger partial charge in [0.15, 0.2) is 0 Å². The first-order valence-electron chi connectivity index (χ1n) is 5.31. The Hall–Kier alpha value is -0.320. The molecule has 5 heteroatoms. The standard InChI is InChI=1S/C10H20N2O2.ClH/c1-3-14-10(13)8-12-6-4-5-9(7-12)11-2;/h9,11H,3-8H2,1-2H3;1H. The Morgan fingerprint density at radius 1 is 1.60 bits per heavy atom. The molecule has 90 valence electrons. The topological polar surface area (TPSA) is 41.6 Å². The zero-order valence-electron chi connectivity index (χ0n) is 9.49. The summed E-state index contributed by atoms with van der Waals surface area (Å²) < 4.78 is 4.91. The molecule has 0 spiro atoms. The Morgan fingerprint density at radius 3 is 2.93 bits per heavy atom. The van der Waals surface area contributed by atoms with Crippen LogP contribution in [0.3, 0.4) is 0 Å². The van der Waals surface area contributed by atoms with Crippen molar-refractivity contribution >= 4 is 18.4 Å². The fraction of sp³-hybridized carbons (Fsp3) is 0.900. The Kier molecular flexibility index (Phi) is 7.74. The number of carbonyl (C=O) groups is 1. The number of likely N-dealkylation sites (N-methyl/N-ethyl adjacent to an activating group) is 1. The summed E-state index contributed by atoms with van der Waals surface area (Å²) in [6.07, 6.45) is 2.36. The van der Waals surface area contributed by atoms with Gasteiger partial charge in [0.25, 0.3) is 0 Å². The molecule has 0 amide bonds. The van der Waals surface area contributed by atoms with Crippen molar-refractivity contribution < 1.29 is 9.53 Å². The van der Waals surface area contributed by atoms with Crippen LogP contribution in [0.1, 0.15) is 19.8 Å². The summed E-state index contributed by atoms with van der Waals surface area (Å²) in [7, 11) is 1.97. The van der Waals surface area contributed by atoms with Crippen molar-refractivity contribution in [1.29, 1.82) is 0 Å². The lowest BCUT2D eigenvalue weighted by atomic mass is 10.1. The smallest absolute Gasteiger partial charge is 0.320 e. The second kappa shape index (κ2) is 7.91. The molecular weight excluding hydrogens is 216 g/mol. The molecule has 1 aliphatic rings. The fourth-order valence-corrected chi connectivity index (χ4v) is 1.82. The molecule has 1 aliphatic heterocycles. The molecule has 1 heterocycles. The van der Waals surface area contributed by atoms with E-state index in [2.05, 4.69) is 10.2 Å². The van der Waals surface area contributed by atoms with Crippen molar-refractivity contribution in [1.82, 2.24) is 10.2 Å². The highest BCUT2D eigenvalue weighted by molar-refractivity contribution is 5.85. The average Bonchev–Trinajstić information content (AvgIpc) is 2.18. The molecule has 4 nitrogen and oxygen atoms in total. The first kappa shape index (κ1) is 14.7. The molecule has 0 radical (unpaired) electrons. The summed E-state index contributed by atoms with van der Waals surface area (Å²) in [4.78, 5) is 13.4. The number of halogens is 1. The number of hydrogen-bond donors (Lipinski definition) is 1. The van der Waals surface area contributed by atoms with Crippen LogP contribution in [0, 0.1) is 0 Å². The van der Waals surface area contributed by atoms with E-state index in [-0.39, 0.29) is 18.4 Å². The van der Waals surface area contributed by atoms with E-state index in [1.54, 1.807) is 0 Å². The van der Waals surface area contributed by atoms with Crippen molar-refractivity contribution in [3.8, 4) is 0 Å². The van der Waals surface area contributed by atoms with Crippen molar-refractivity contribution in [2.45, 2.75) is 25.8 Å². The number of ether oxygens (including phenoxy) is 1. The summed E-state index contributed by atoms with van der Waals surface area (Å²) in [5, 5.41) is 3.25. The van der Waals surface area contributed by atoms with Gasteiger partial charge in [-0.25, -0.2) is 0 Å². The van der Waals surface area contributed by atoms with Crippen LogP contribution in [0.25, 0.3) is 0 Å². The number of rotatable bonds is 4. The van der Waals surface area contributed by atoms with Gasteiger partial charge in [-0.05, 0) is 33.4 Å². The second-order valence-electron chi connectivity index (χ2n) is 3.67. The van der Waals surface area contributed by atoms with Gasteiger partial charge in [0.05, 0.1) is 13.2 Å². The van der Waals surface area contributed by atoms with Crippen LogP contribution in [0.2, 0.25) is 0 Å². The number of likely N-dealkylation sites (tertiary alicyclic amines) is 1. The maximum atomic E-state index is 11.2. The summed E-state index contributed by atoms with van der Waals surface area (Å²) in [5.74, 6) is -0.107. The largest absolute Gasteiger partial charge is 0.465 e. The highest BCUT2D eigenvalue weighted by Gasteiger charge is 2.20. The van der Waals surface area contributed by atoms with Crippen LogP contribution in [0.5, 0.6) is 0 Å². The van der Waals surface area contributed by atoms with Gasteiger partial charge in [-0.15, -0.1) is 12.4 Å². The number of esters is 1. The van der Waals surface area contributed by atoms with Gasteiger partial charge in [-0.1, -0.05) is 0 Å². The van der Waals surface area contributed by atoms with E-state index < -0.39 is 0 Å². The maximum Gasteiger partial charge on any atom is 0.320 e. The highest BCUT2D eigenvalue weighted by atomic mass is 35.5. The predicted octanol–water partition coefficient (Wildman–Crippen LogP) is 0.655. The number of nitrogens with one attached hydrogen (secondary N) is 1.